The lowest BCUT2D eigenvalue weighted by Crippen LogP contribution is -2.38. The van der Waals surface area contributed by atoms with E-state index in [0.29, 0.717) is 5.76 Å². The summed E-state index contributed by atoms with van der Waals surface area (Å²) in [5, 5.41) is 0. The van der Waals surface area contributed by atoms with Crippen LogP contribution >= 0.6 is 0 Å². The molecule has 1 aromatic heterocycles. The Balaban J connectivity index is 1.87. The molecule has 0 radical (unpaired) electrons. The molecule has 1 aliphatic rings. The van der Waals surface area contributed by atoms with Crippen molar-refractivity contribution >= 4 is 17.3 Å². The van der Waals surface area contributed by atoms with Crippen molar-refractivity contribution in [2.24, 2.45) is 0 Å². The molecule has 0 amide bonds. The molecule has 0 fully saturated rings. The second-order valence-electron chi connectivity index (χ2n) is 5.24. The van der Waals surface area contributed by atoms with Crippen LogP contribution in [0.3, 0.4) is 0 Å². The molecule has 0 saturated heterocycles. The molecule has 1 aromatic carbocycles. The zero-order valence-electron chi connectivity index (χ0n) is 11.8. The van der Waals surface area contributed by atoms with Crippen molar-refractivity contribution in [2.75, 3.05) is 23.7 Å². The summed E-state index contributed by atoms with van der Waals surface area (Å²) in [5.74, 6) is 0.0556. The minimum absolute atomic E-state index is 0.101. The number of anilines is 2. The van der Waals surface area contributed by atoms with Crippen molar-refractivity contribution in [3.63, 3.8) is 0 Å². The molecule has 2 N–H and O–H groups in total. The minimum atomic E-state index is -0.428. The number of nitrogens with two attached hydrogens (primary N) is 1. The predicted octanol–water partition coefficient (Wildman–Crippen LogP) is 1.42. The highest BCUT2D eigenvalue weighted by atomic mass is 16.5. The molecule has 0 unspecified atom stereocenters. The fourth-order valence-electron chi connectivity index (χ4n) is 2.74. The lowest BCUT2D eigenvalue weighted by atomic mass is 10.00. The van der Waals surface area contributed by atoms with Gasteiger partial charge in [0.2, 0.25) is 0 Å². The van der Waals surface area contributed by atoms with Crippen LogP contribution in [0.25, 0.3) is 0 Å². The standard InChI is InChI=1S/C15H17N3O3/c1-10-8-14(19)18(21-10)15(20)9-17-7-3-4-11-12(16)5-2-6-13(11)17/h2,5-6,8H,3-4,7,9,16H2,1H3. The summed E-state index contributed by atoms with van der Waals surface area (Å²) < 4.78 is 5.95. The molecule has 110 valence electrons. The molecule has 0 atom stereocenters. The lowest BCUT2D eigenvalue weighted by molar-refractivity contribution is 0.0790. The minimum Gasteiger partial charge on any atom is -0.398 e. The number of benzene rings is 1. The molecule has 21 heavy (non-hydrogen) atoms. The Morgan fingerprint density at radius 3 is 2.95 bits per heavy atom. The number of nitrogen functional groups attached to an aromatic ring is 1. The number of nitrogens with zero attached hydrogens (tertiary/aromatic N) is 2. The van der Waals surface area contributed by atoms with Crippen molar-refractivity contribution in [3.05, 3.63) is 45.9 Å². The quantitative estimate of drug-likeness (QED) is 0.845. The number of hydrogen-bond donors (Lipinski definition) is 1. The van der Waals surface area contributed by atoms with E-state index in [1.165, 1.54) is 6.07 Å². The van der Waals surface area contributed by atoms with E-state index in [-0.39, 0.29) is 12.5 Å². The SMILES string of the molecule is Cc1cc(=O)n(C(=O)CN2CCCc3c(N)cccc32)o1. The van der Waals surface area contributed by atoms with Crippen LogP contribution in [-0.4, -0.2) is 23.7 Å². The van der Waals surface area contributed by atoms with E-state index >= 15 is 0 Å². The van der Waals surface area contributed by atoms with Crippen LogP contribution in [0.4, 0.5) is 11.4 Å². The average Bonchev–Trinajstić information content (AvgIpc) is 2.79. The summed E-state index contributed by atoms with van der Waals surface area (Å²) in [5.41, 5.74) is 8.34. The van der Waals surface area contributed by atoms with Gasteiger partial charge in [-0.2, -0.15) is 0 Å². The number of carbonyl (C=O) groups is 1. The monoisotopic (exact) mass is 287 g/mol. The molecule has 1 aliphatic heterocycles. The second-order valence-corrected chi connectivity index (χ2v) is 5.24. The third kappa shape index (κ3) is 2.44. The van der Waals surface area contributed by atoms with Gasteiger partial charge < -0.3 is 15.2 Å². The van der Waals surface area contributed by atoms with Gasteiger partial charge in [-0.1, -0.05) is 6.07 Å². The normalized spacial score (nSPS) is 14.0. The Hall–Kier alpha value is -2.50. The third-order valence-corrected chi connectivity index (χ3v) is 3.70. The first kappa shape index (κ1) is 13.5. The van der Waals surface area contributed by atoms with Gasteiger partial charge in [0.25, 0.3) is 11.5 Å². The van der Waals surface area contributed by atoms with Crippen molar-refractivity contribution in [1.29, 1.82) is 0 Å². The molecular formula is C15H17N3O3. The Labute approximate surface area is 121 Å². The predicted molar refractivity (Wildman–Crippen MR) is 79.7 cm³/mol. The van der Waals surface area contributed by atoms with Crippen LogP contribution in [0.1, 0.15) is 22.5 Å². The van der Waals surface area contributed by atoms with Crippen LogP contribution in [0.2, 0.25) is 0 Å². The van der Waals surface area contributed by atoms with Crippen molar-refractivity contribution in [2.45, 2.75) is 19.8 Å². The maximum absolute atomic E-state index is 12.2. The average molecular weight is 287 g/mol. The number of carbonyl (C=O) groups excluding carboxylic acids is 1. The van der Waals surface area contributed by atoms with Gasteiger partial charge >= 0.3 is 0 Å². The van der Waals surface area contributed by atoms with Gasteiger partial charge in [-0.25, -0.2) is 0 Å². The summed E-state index contributed by atoms with van der Waals surface area (Å²) in [6.07, 6.45) is 1.84. The Kier molecular flexibility index (Phi) is 3.29. The fourth-order valence-corrected chi connectivity index (χ4v) is 2.74. The van der Waals surface area contributed by atoms with Crippen LogP contribution in [0.5, 0.6) is 0 Å². The summed E-state index contributed by atoms with van der Waals surface area (Å²) in [6.45, 7) is 2.50. The van der Waals surface area contributed by atoms with Crippen molar-refractivity contribution in [3.8, 4) is 0 Å². The van der Waals surface area contributed by atoms with E-state index < -0.39 is 5.56 Å². The molecular weight excluding hydrogens is 270 g/mol. The molecule has 2 heterocycles. The van der Waals surface area contributed by atoms with E-state index in [0.717, 1.165) is 41.1 Å². The molecule has 3 rings (SSSR count). The topological polar surface area (TPSA) is 81.5 Å². The maximum Gasteiger partial charge on any atom is 0.290 e. The zero-order valence-corrected chi connectivity index (χ0v) is 11.8. The summed E-state index contributed by atoms with van der Waals surface area (Å²) in [6, 6.07) is 7.00. The summed E-state index contributed by atoms with van der Waals surface area (Å²) in [7, 11) is 0. The molecule has 0 spiro atoms. The smallest absolute Gasteiger partial charge is 0.290 e. The highest BCUT2D eigenvalue weighted by Gasteiger charge is 2.22. The van der Waals surface area contributed by atoms with Gasteiger partial charge in [-0.3, -0.25) is 9.59 Å². The summed E-state index contributed by atoms with van der Waals surface area (Å²) >= 11 is 0. The van der Waals surface area contributed by atoms with Crippen molar-refractivity contribution in [1.82, 2.24) is 4.74 Å². The van der Waals surface area contributed by atoms with Gasteiger partial charge in [-0.05, 0) is 37.5 Å². The molecule has 6 heteroatoms. The lowest BCUT2D eigenvalue weighted by Gasteiger charge is -2.31. The Morgan fingerprint density at radius 2 is 2.24 bits per heavy atom. The van der Waals surface area contributed by atoms with Gasteiger partial charge in [0, 0.05) is 24.0 Å². The zero-order chi connectivity index (χ0) is 15.0. The Bertz CT molecular complexity index is 745. The Morgan fingerprint density at radius 1 is 1.43 bits per heavy atom. The highest BCUT2D eigenvalue weighted by Crippen LogP contribution is 2.30. The number of fused-ring (bicyclic) bond motifs is 1. The van der Waals surface area contributed by atoms with Crippen LogP contribution in [-0.2, 0) is 6.42 Å². The van der Waals surface area contributed by atoms with Gasteiger partial charge in [-0.15, -0.1) is 4.74 Å². The first-order valence-corrected chi connectivity index (χ1v) is 6.92. The van der Waals surface area contributed by atoms with Gasteiger partial charge in [0.1, 0.15) is 12.3 Å². The fraction of sp³-hybridized carbons (Fsp3) is 0.333. The number of hydrogen-bond acceptors (Lipinski definition) is 5. The molecule has 0 bridgehead atoms. The third-order valence-electron chi connectivity index (χ3n) is 3.70. The van der Waals surface area contributed by atoms with Crippen LogP contribution < -0.4 is 16.2 Å². The largest absolute Gasteiger partial charge is 0.398 e. The molecule has 0 aliphatic carbocycles. The number of aromatic nitrogens is 1. The van der Waals surface area contributed by atoms with Crippen LogP contribution in [0.15, 0.2) is 33.6 Å². The van der Waals surface area contributed by atoms with E-state index in [9.17, 15) is 9.59 Å². The van der Waals surface area contributed by atoms with E-state index in [1.807, 2.05) is 23.1 Å². The number of aryl methyl sites for hydroxylation is 1. The highest BCUT2D eigenvalue weighted by molar-refractivity contribution is 5.83. The van der Waals surface area contributed by atoms with E-state index in [2.05, 4.69) is 0 Å². The van der Waals surface area contributed by atoms with Crippen molar-refractivity contribution < 1.29 is 9.32 Å². The molecule has 2 aromatic rings. The van der Waals surface area contributed by atoms with Gasteiger partial charge in [0.05, 0.1) is 0 Å². The molecule has 0 saturated carbocycles. The second kappa shape index (κ2) is 5.12. The molecule has 6 nitrogen and oxygen atoms in total. The van der Waals surface area contributed by atoms with E-state index in [4.69, 9.17) is 10.3 Å². The maximum atomic E-state index is 12.2. The number of rotatable bonds is 2. The van der Waals surface area contributed by atoms with E-state index in [1.54, 1.807) is 6.92 Å². The van der Waals surface area contributed by atoms with Crippen LogP contribution in [0, 0.1) is 6.92 Å². The van der Waals surface area contributed by atoms with Gasteiger partial charge in [0.15, 0.2) is 0 Å². The summed E-state index contributed by atoms with van der Waals surface area (Å²) in [4.78, 5) is 25.8. The first-order chi connectivity index (χ1) is 10.1. The first-order valence-electron chi connectivity index (χ1n) is 6.92.